The van der Waals surface area contributed by atoms with Gasteiger partial charge in [-0.2, -0.15) is 24.5 Å². The molecule has 1 rings (SSSR count). The lowest BCUT2D eigenvalue weighted by molar-refractivity contribution is -0.173. The largest absolute Gasteiger partial charge is 0.411 e. The Morgan fingerprint density at radius 3 is 2.82 bits per heavy atom. The van der Waals surface area contributed by atoms with E-state index in [1.54, 1.807) is 11.3 Å². The first-order chi connectivity index (χ1) is 7.97. The smallest absolute Gasteiger partial charge is 0.371 e. The van der Waals surface area contributed by atoms with Crippen LogP contribution in [0.15, 0.2) is 16.8 Å². The standard InChI is InChI=1S/C11H16F3NOS/c1-9(6-10-2-5-17-7-10)15-3-4-16-8-11(12,13)14/h2,5,7,9,15H,3-4,6,8H2,1H3. The van der Waals surface area contributed by atoms with E-state index < -0.39 is 12.8 Å². The third-order valence-corrected chi connectivity index (χ3v) is 2.86. The van der Waals surface area contributed by atoms with E-state index in [2.05, 4.69) is 15.4 Å². The summed E-state index contributed by atoms with van der Waals surface area (Å²) in [5, 5.41) is 7.20. The zero-order valence-corrected chi connectivity index (χ0v) is 10.4. The van der Waals surface area contributed by atoms with Crippen molar-refractivity contribution in [1.82, 2.24) is 5.32 Å². The maximum atomic E-state index is 11.7. The number of hydrogen-bond acceptors (Lipinski definition) is 3. The molecule has 0 aliphatic heterocycles. The third-order valence-electron chi connectivity index (χ3n) is 2.13. The number of rotatable bonds is 7. The fraction of sp³-hybridized carbons (Fsp3) is 0.636. The highest BCUT2D eigenvalue weighted by atomic mass is 32.1. The van der Waals surface area contributed by atoms with Crippen molar-refractivity contribution in [1.29, 1.82) is 0 Å². The molecule has 0 radical (unpaired) electrons. The fourth-order valence-corrected chi connectivity index (χ4v) is 2.08. The van der Waals surface area contributed by atoms with Gasteiger partial charge in [-0.15, -0.1) is 0 Å². The first-order valence-corrected chi connectivity index (χ1v) is 6.30. The van der Waals surface area contributed by atoms with Crippen molar-refractivity contribution in [2.75, 3.05) is 19.8 Å². The Morgan fingerprint density at radius 1 is 1.47 bits per heavy atom. The highest BCUT2D eigenvalue weighted by Gasteiger charge is 2.27. The molecule has 1 aromatic heterocycles. The van der Waals surface area contributed by atoms with Crippen LogP contribution in [0.4, 0.5) is 13.2 Å². The van der Waals surface area contributed by atoms with Crippen molar-refractivity contribution in [3.63, 3.8) is 0 Å². The maximum absolute atomic E-state index is 11.7. The molecule has 0 spiro atoms. The van der Waals surface area contributed by atoms with Crippen LogP contribution in [-0.4, -0.2) is 32.0 Å². The minimum absolute atomic E-state index is 0.0769. The van der Waals surface area contributed by atoms with E-state index in [-0.39, 0.29) is 12.6 Å². The van der Waals surface area contributed by atoms with Crippen LogP contribution in [0.2, 0.25) is 0 Å². The molecule has 0 saturated carbocycles. The summed E-state index contributed by atoms with van der Waals surface area (Å²) in [5.41, 5.74) is 1.24. The molecule has 98 valence electrons. The molecule has 0 aliphatic carbocycles. The van der Waals surface area contributed by atoms with Crippen LogP contribution in [0.25, 0.3) is 0 Å². The molecule has 0 amide bonds. The first-order valence-electron chi connectivity index (χ1n) is 5.36. The van der Waals surface area contributed by atoms with Gasteiger partial charge >= 0.3 is 6.18 Å². The average Bonchev–Trinajstić information content (AvgIpc) is 2.68. The van der Waals surface area contributed by atoms with E-state index in [1.165, 1.54) is 5.56 Å². The van der Waals surface area contributed by atoms with Crippen molar-refractivity contribution < 1.29 is 17.9 Å². The van der Waals surface area contributed by atoms with Crippen LogP contribution >= 0.6 is 11.3 Å². The van der Waals surface area contributed by atoms with E-state index in [0.717, 1.165) is 6.42 Å². The van der Waals surface area contributed by atoms with E-state index in [9.17, 15) is 13.2 Å². The summed E-state index contributed by atoms with van der Waals surface area (Å²) in [6.07, 6.45) is -3.36. The van der Waals surface area contributed by atoms with Gasteiger partial charge in [0.2, 0.25) is 0 Å². The average molecular weight is 267 g/mol. The Labute approximate surface area is 103 Å². The first kappa shape index (κ1) is 14.5. The molecule has 0 aromatic carbocycles. The predicted molar refractivity (Wildman–Crippen MR) is 62.4 cm³/mol. The molecule has 1 atom stereocenters. The topological polar surface area (TPSA) is 21.3 Å². The molecule has 2 nitrogen and oxygen atoms in total. The maximum Gasteiger partial charge on any atom is 0.411 e. The van der Waals surface area contributed by atoms with Gasteiger partial charge in [-0.3, -0.25) is 0 Å². The summed E-state index contributed by atoms with van der Waals surface area (Å²) in [7, 11) is 0. The molecule has 1 heterocycles. The van der Waals surface area contributed by atoms with Gasteiger partial charge in [-0.1, -0.05) is 0 Å². The number of ether oxygens (including phenoxy) is 1. The van der Waals surface area contributed by atoms with Gasteiger partial charge in [0.15, 0.2) is 0 Å². The van der Waals surface area contributed by atoms with Gasteiger partial charge in [0.1, 0.15) is 6.61 Å². The number of thiophene rings is 1. The van der Waals surface area contributed by atoms with E-state index in [0.29, 0.717) is 6.54 Å². The van der Waals surface area contributed by atoms with Crippen LogP contribution in [0.5, 0.6) is 0 Å². The Bertz CT molecular complexity index is 300. The second-order valence-corrected chi connectivity index (χ2v) is 4.64. The minimum atomic E-state index is -4.23. The molecule has 0 saturated heterocycles. The third kappa shape index (κ3) is 7.36. The Morgan fingerprint density at radius 2 is 2.24 bits per heavy atom. The van der Waals surface area contributed by atoms with Crippen LogP contribution in [0.3, 0.4) is 0 Å². The number of nitrogens with one attached hydrogen (secondary N) is 1. The molecular weight excluding hydrogens is 251 g/mol. The van der Waals surface area contributed by atoms with Gasteiger partial charge in [0, 0.05) is 12.6 Å². The highest BCUT2D eigenvalue weighted by molar-refractivity contribution is 7.07. The quantitative estimate of drug-likeness (QED) is 0.767. The van der Waals surface area contributed by atoms with Gasteiger partial charge in [-0.05, 0) is 35.7 Å². The monoisotopic (exact) mass is 267 g/mol. The summed E-state index contributed by atoms with van der Waals surface area (Å²) >= 11 is 1.64. The van der Waals surface area contributed by atoms with Gasteiger partial charge in [0.25, 0.3) is 0 Å². The predicted octanol–water partition coefficient (Wildman–Crippen LogP) is 2.85. The summed E-state index contributed by atoms with van der Waals surface area (Å²) < 4.78 is 39.7. The molecule has 1 unspecified atom stereocenters. The SMILES string of the molecule is CC(Cc1ccsc1)NCCOCC(F)(F)F. The van der Waals surface area contributed by atoms with Crippen LogP contribution in [0, 0.1) is 0 Å². The molecule has 0 fully saturated rings. The lowest BCUT2D eigenvalue weighted by Crippen LogP contribution is -2.32. The van der Waals surface area contributed by atoms with Crippen molar-refractivity contribution in [3.05, 3.63) is 22.4 Å². The zero-order valence-electron chi connectivity index (χ0n) is 9.59. The van der Waals surface area contributed by atoms with E-state index >= 15 is 0 Å². The molecule has 1 aromatic rings. The lowest BCUT2D eigenvalue weighted by atomic mass is 10.1. The molecular formula is C11H16F3NOS. The van der Waals surface area contributed by atoms with Crippen LogP contribution in [0.1, 0.15) is 12.5 Å². The van der Waals surface area contributed by atoms with Crippen molar-refractivity contribution >= 4 is 11.3 Å². The fourth-order valence-electron chi connectivity index (χ4n) is 1.40. The zero-order chi connectivity index (χ0) is 12.7. The minimum Gasteiger partial charge on any atom is -0.371 e. The summed E-state index contributed by atoms with van der Waals surface area (Å²) in [5.74, 6) is 0. The number of alkyl halides is 3. The number of hydrogen-bond donors (Lipinski definition) is 1. The molecule has 6 heteroatoms. The lowest BCUT2D eigenvalue weighted by Gasteiger charge is -2.13. The number of halogens is 3. The van der Waals surface area contributed by atoms with E-state index in [1.807, 2.05) is 18.4 Å². The highest BCUT2D eigenvalue weighted by Crippen LogP contribution is 2.14. The summed E-state index contributed by atoms with van der Waals surface area (Å²) in [4.78, 5) is 0. The van der Waals surface area contributed by atoms with E-state index in [4.69, 9.17) is 0 Å². The molecule has 17 heavy (non-hydrogen) atoms. The second-order valence-electron chi connectivity index (χ2n) is 3.86. The molecule has 0 bridgehead atoms. The van der Waals surface area contributed by atoms with Crippen LogP contribution in [-0.2, 0) is 11.2 Å². The molecule has 0 aliphatic rings. The van der Waals surface area contributed by atoms with Gasteiger partial charge < -0.3 is 10.1 Å². The van der Waals surface area contributed by atoms with Crippen molar-refractivity contribution in [2.45, 2.75) is 25.6 Å². The Balaban J connectivity index is 2.03. The summed E-state index contributed by atoms with van der Waals surface area (Å²) in [6, 6.07) is 2.28. The summed E-state index contributed by atoms with van der Waals surface area (Å²) in [6.45, 7) is 1.34. The van der Waals surface area contributed by atoms with Gasteiger partial charge in [-0.25, -0.2) is 0 Å². The Hall–Kier alpha value is -0.590. The van der Waals surface area contributed by atoms with Crippen LogP contribution < -0.4 is 5.32 Å². The second kappa shape index (κ2) is 6.98. The Kier molecular flexibility index (Phi) is 5.94. The van der Waals surface area contributed by atoms with Gasteiger partial charge in [0.05, 0.1) is 6.61 Å². The van der Waals surface area contributed by atoms with Crippen molar-refractivity contribution in [2.24, 2.45) is 0 Å². The molecule has 1 N–H and O–H groups in total. The van der Waals surface area contributed by atoms with Crippen molar-refractivity contribution in [3.8, 4) is 0 Å². The normalized spacial score (nSPS) is 13.9.